The Bertz CT molecular complexity index is 699. The molecule has 1 atom stereocenters. The Kier molecular flexibility index (Phi) is 11.1. The van der Waals surface area contributed by atoms with Crippen molar-refractivity contribution in [2.45, 2.75) is 84.7 Å². The smallest absolute Gasteiger partial charge is 0.306 e. The minimum Gasteiger partial charge on any atom is -0.494 e. The van der Waals surface area contributed by atoms with Crippen LogP contribution in [0, 0.1) is 0 Å². The van der Waals surface area contributed by atoms with Gasteiger partial charge in [-0.05, 0) is 31.9 Å². The number of carbonyl (C=O) groups is 1. The second kappa shape index (κ2) is 13.8. The van der Waals surface area contributed by atoms with Crippen molar-refractivity contribution >= 4 is 17.9 Å². The Balaban J connectivity index is 1.86. The van der Waals surface area contributed by atoms with Crippen LogP contribution in [0.25, 0.3) is 0 Å². The number of nitrogens with zero attached hydrogens (tertiary/aromatic N) is 2. The Morgan fingerprint density at radius 1 is 1.13 bits per heavy atom. The monoisotopic (exact) mass is 414 g/mol. The summed E-state index contributed by atoms with van der Waals surface area (Å²) in [6.07, 6.45) is 12.9. The van der Waals surface area contributed by atoms with E-state index in [1.807, 2.05) is 31.5 Å². The zero-order valence-corrected chi connectivity index (χ0v) is 18.9. The number of hydrogen-bond donors (Lipinski definition) is 0. The van der Waals surface area contributed by atoms with Gasteiger partial charge in [0.15, 0.2) is 0 Å². The molecule has 5 heteroatoms. The van der Waals surface area contributed by atoms with Gasteiger partial charge in [-0.1, -0.05) is 52.0 Å². The highest BCUT2D eigenvalue weighted by molar-refractivity contribution is 5.71. The molecule has 30 heavy (non-hydrogen) atoms. The normalized spacial score (nSPS) is 14.4. The van der Waals surface area contributed by atoms with E-state index in [1.165, 1.54) is 25.7 Å². The molecule has 0 aliphatic carbocycles. The van der Waals surface area contributed by atoms with E-state index in [2.05, 4.69) is 35.9 Å². The first-order chi connectivity index (χ1) is 14.6. The van der Waals surface area contributed by atoms with Crippen molar-refractivity contribution in [3.05, 3.63) is 36.2 Å². The van der Waals surface area contributed by atoms with Gasteiger partial charge in [-0.25, -0.2) is 0 Å². The lowest BCUT2D eigenvalue weighted by atomic mass is 10.2. The molecule has 0 fully saturated rings. The number of esters is 1. The number of rotatable bonds is 14. The number of anilines is 1. The highest BCUT2D eigenvalue weighted by atomic mass is 16.5. The Morgan fingerprint density at radius 2 is 1.93 bits per heavy atom. The van der Waals surface area contributed by atoms with Crippen molar-refractivity contribution in [3.63, 3.8) is 0 Å². The van der Waals surface area contributed by atoms with Crippen LogP contribution in [0.2, 0.25) is 0 Å². The topological polar surface area (TPSA) is 51.1 Å². The van der Waals surface area contributed by atoms with Crippen LogP contribution in [0.3, 0.4) is 0 Å². The second-order valence-corrected chi connectivity index (χ2v) is 7.95. The molecule has 1 aliphatic heterocycles. The van der Waals surface area contributed by atoms with Crippen LogP contribution < -0.4 is 9.64 Å². The zero-order chi connectivity index (χ0) is 21.6. The first-order valence-corrected chi connectivity index (χ1v) is 11.5. The maximum atomic E-state index is 11.8. The summed E-state index contributed by atoms with van der Waals surface area (Å²) in [7, 11) is 0. The number of aliphatic imine (C=N–C) groups is 1. The number of ether oxygens (including phenoxy) is 2. The fourth-order valence-corrected chi connectivity index (χ4v) is 3.39. The number of benzene rings is 1. The molecular weight excluding hydrogens is 376 g/mol. The van der Waals surface area contributed by atoms with Gasteiger partial charge in [0.25, 0.3) is 0 Å². The molecule has 0 saturated heterocycles. The van der Waals surface area contributed by atoms with E-state index in [9.17, 15) is 4.79 Å². The third-order valence-electron chi connectivity index (χ3n) is 5.07. The molecule has 1 aliphatic rings. The third-order valence-corrected chi connectivity index (χ3v) is 5.07. The molecule has 0 N–H and O–H groups in total. The molecule has 1 unspecified atom stereocenters. The molecule has 1 aromatic carbocycles. The first kappa shape index (κ1) is 24.0. The van der Waals surface area contributed by atoms with Gasteiger partial charge in [0.2, 0.25) is 0 Å². The molecule has 0 spiro atoms. The Labute approximate surface area is 182 Å². The van der Waals surface area contributed by atoms with E-state index < -0.39 is 0 Å². The maximum Gasteiger partial charge on any atom is 0.306 e. The fourth-order valence-electron chi connectivity index (χ4n) is 3.39. The minimum atomic E-state index is -0.180. The van der Waals surface area contributed by atoms with Crippen LogP contribution in [0.15, 0.2) is 41.2 Å². The molecule has 166 valence electrons. The summed E-state index contributed by atoms with van der Waals surface area (Å²) in [6.45, 7) is 7.70. The van der Waals surface area contributed by atoms with Gasteiger partial charge in [0, 0.05) is 37.0 Å². The van der Waals surface area contributed by atoms with Gasteiger partial charge in [-0.2, -0.15) is 0 Å². The highest BCUT2D eigenvalue weighted by Crippen LogP contribution is 2.24. The van der Waals surface area contributed by atoms with Crippen molar-refractivity contribution < 1.29 is 14.3 Å². The minimum absolute atomic E-state index is 0.124. The van der Waals surface area contributed by atoms with Crippen molar-refractivity contribution in [2.24, 2.45) is 4.99 Å². The van der Waals surface area contributed by atoms with Gasteiger partial charge < -0.3 is 14.4 Å². The van der Waals surface area contributed by atoms with E-state index in [0.29, 0.717) is 19.4 Å². The standard InChI is InChI=1S/C25H38N2O3/c1-4-6-8-9-10-17-29-24-13-11-12-23(19-24)27-16-15-26-22(20-27)18-21(3)30-25(28)14-7-5-2/h11-13,15,19-21H,4-10,14,16-18H2,1-3H3. The van der Waals surface area contributed by atoms with E-state index in [-0.39, 0.29) is 12.1 Å². The lowest BCUT2D eigenvalue weighted by molar-refractivity contribution is -0.148. The molecule has 0 amide bonds. The molecule has 2 rings (SSSR count). The van der Waals surface area contributed by atoms with Crippen molar-refractivity contribution in [3.8, 4) is 5.75 Å². The van der Waals surface area contributed by atoms with Gasteiger partial charge in [-0.15, -0.1) is 0 Å². The van der Waals surface area contributed by atoms with Crippen LogP contribution in [0.5, 0.6) is 5.75 Å². The predicted molar refractivity (Wildman–Crippen MR) is 124 cm³/mol. The van der Waals surface area contributed by atoms with Gasteiger partial charge >= 0.3 is 5.97 Å². The molecule has 0 bridgehead atoms. The summed E-state index contributed by atoms with van der Waals surface area (Å²) in [4.78, 5) is 18.5. The molecule has 1 aromatic rings. The largest absolute Gasteiger partial charge is 0.494 e. The Morgan fingerprint density at radius 3 is 2.73 bits per heavy atom. The zero-order valence-electron chi connectivity index (χ0n) is 18.9. The number of hydrogen-bond acceptors (Lipinski definition) is 5. The van der Waals surface area contributed by atoms with Gasteiger partial charge in [-0.3, -0.25) is 9.79 Å². The van der Waals surface area contributed by atoms with E-state index >= 15 is 0 Å². The van der Waals surface area contributed by atoms with E-state index in [0.717, 1.165) is 43.0 Å². The summed E-state index contributed by atoms with van der Waals surface area (Å²) in [5.41, 5.74) is 1.99. The summed E-state index contributed by atoms with van der Waals surface area (Å²) >= 11 is 0. The van der Waals surface area contributed by atoms with Crippen LogP contribution in [-0.4, -0.2) is 31.4 Å². The molecule has 5 nitrogen and oxygen atoms in total. The van der Waals surface area contributed by atoms with Crippen LogP contribution in [0.4, 0.5) is 5.69 Å². The third kappa shape index (κ3) is 9.02. The van der Waals surface area contributed by atoms with Crippen LogP contribution in [0.1, 0.15) is 78.6 Å². The van der Waals surface area contributed by atoms with E-state index in [4.69, 9.17) is 9.47 Å². The maximum absolute atomic E-state index is 11.8. The highest BCUT2D eigenvalue weighted by Gasteiger charge is 2.15. The molecule has 1 heterocycles. The molecule has 0 saturated carbocycles. The average Bonchev–Trinajstić information content (AvgIpc) is 2.75. The van der Waals surface area contributed by atoms with Crippen molar-refractivity contribution in [2.75, 3.05) is 18.1 Å². The summed E-state index contributed by atoms with van der Waals surface area (Å²) < 4.78 is 11.4. The molecule has 0 aromatic heterocycles. The predicted octanol–water partition coefficient (Wildman–Crippen LogP) is 6.28. The van der Waals surface area contributed by atoms with Gasteiger partial charge in [0.05, 0.1) is 18.8 Å². The van der Waals surface area contributed by atoms with E-state index in [1.54, 1.807) is 0 Å². The van der Waals surface area contributed by atoms with Crippen LogP contribution >= 0.6 is 0 Å². The van der Waals surface area contributed by atoms with Crippen LogP contribution in [-0.2, 0) is 9.53 Å². The average molecular weight is 415 g/mol. The fraction of sp³-hybridized carbons (Fsp3) is 0.600. The molecular formula is C25H38N2O3. The Hall–Kier alpha value is -2.30. The molecule has 0 radical (unpaired) electrons. The first-order valence-electron chi connectivity index (χ1n) is 11.5. The summed E-state index contributed by atoms with van der Waals surface area (Å²) in [5.74, 6) is 0.778. The number of unbranched alkanes of at least 4 members (excludes halogenated alkanes) is 5. The lowest BCUT2D eigenvalue weighted by Gasteiger charge is -2.24. The quantitative estimate of drug-likeness (QED) is 0.265. The summed E-state index contributed by atoms with van der Waals surface area (Å²) in [5, 5.41) is 0. The number of carbonyl (C=O) groups excluding carboxylic acids is 1. The second-order valence-electron chi connectivity index (χ2n) is 7.95. The SMILES string of the molecule is CCCCCCCOc1cccc(N2C=C(CC(C)OC(=O)CCCC)N=CC2)c1. The van der Waals surface area contributed by atoms with Crippen molar-refractivity contribution in [1.82, 2.24) is 0 Å². The van der Waals surface area contributed by atoms with Gasteiger partial charge in [0.1, 0.15) is 11.9 Å². The lowest BCUT2D eigenvalue weighted by Crippen LogP contribution is -2.23. The van der Waals surface area contributed by atoms with Crippen molar-refractivity contribution in [1.29, 1.82) is 0 Å². The summed E-state index contributed by atoms with van der Waals surface area (Å²) in [6, 6.07) is 8.19.